The molecule has 0 saturated carbocycles. The fraction of sp³-hybridized carbons (Fsp3) is 0.238. The number of hydrogen-bond acceptors (Lipinski definition) is 6. The quantitative estimate of drug-likeness (QED) is 0.463. The van der Waals surface area contributed by atoms with E-state index in [0.717, 1.165) is 33.9 Å². The van der Waals surface area contributed by atoms with Crippen LogP contribution in [0.25, 0.3) is 11.3 Å². The minimum absolute atomic E-state index is 0.0220. The van der Waals surface area contributed by atoms with Gasteiger partial charge in [-0.3, -0.25) is 14.9 Å². The number of nitrogens with zero attached hydrogens (tertiary/aromatic N) is 3. The molecule has 1 aromatic heterocycles. The van der Waals surface area contributed by atoms with Gasteiger partial charge in [-0.2, -0.15) is 0 Å². The van der Waals surface area contributed by atoms with Crippen molar-refractivity contribution in [3.63, 3.8) is 0 Å². The van der Waals surface area contributed by atoms with Gasteiger partial charge < -0.3 is 9.64 Å². The molecule has 2 aromatic carbocycles. The highest BCUT2D eigenvalue weighted by Gasteiger charge is 2.26. The van der Waals surface area contributed by atoms with Crippen molar-refractivity contribution in [2.75, 3.05) is 18.1 Å². The lowest BCUT2D eigenvalue weighted by Gasteiger charge is -2.18. The van der Waals surface area contributed by atoms with E-state index in [-0.39, 0.29) is 18.2 Å². The van der Waals surface area contributed by atoms with Crippen LogP contribution < -0.4 is 9.64 Å². The second-order valence-corrected chi connectivity index (χ2v) is 7.90. The van der Waals surface area contributed by atoms with Gasteiger partial charge in [-0.1, -0.05) is 12.1 Å². The van der Waals surface area contributed by atoms with E-state index in [0.29, 0.717) is 17.9 Å². The van der Waals surface area contributed by atoms with Crippen LogP contribution in [0.4, 0.5) is 11.4 Å². The zero-order chi connectivity index (χ0) is 20.5. The number of hydrogen-bond donors (Lipinski definition) is 0. The third-order valence-corrected chi connectivity index (χ3v) is 5.77. The molecule has 7 nitrogen and oxygen atoms in total. The van der Waals surface area contributed by atoms with Crippen LogP contribution in [-0.4, -0.2) is 29.0 Å². The Labute approximate surface area is 171 Å². The number of carbonyl (C=O) groups excluding carboxylic acids is 1. The van der Waals surface area contributed by atoms with Gasteiger partial charge in [0.15, 0.2) is 6.61 Å². The Morgan fingerprint density at radius 1 is 1.31 bits per heavy atom. The van der Waals surface area contributed by atoms with E-state index in [1.54, 1.807) is 35.3 Å². The number of carbonyl (C=O) groups is 1. The molecule has 29 heavy (non-hydrogen) atoms. The highest BCUT2D eigenvalue weighted by atomic mass is 32.1. The lowest BCUT2D eigenvalue weighted by molar-refractivity contribution is -0.385. The van der Waals surface area contributed by atoms with Gasteiger partial charge in [-0.05, 0) is 44.0 Å². The van der Waals surface area contributed by atoms with Crippen LogP contribution in [0.2, 0.25) is 0 Å². The standard InChI is InChI=1S/C21H19N3O4S/c1-13-18(24(26)27)4-3-5-20(13)28-11-21(25)23-9-8-16-10-15(6-7-19(16)23)17-12-29-14(2)22-17/h3-7,10,12H,8-9,11H2,1-2H3. The predicted molar refractivity (Wildman–Crippen MR) is 112 cm³/mol. The summed E-state index contributed by atoms with van der Waals surface area (Å²) in [7, 11) is 0. The number of rotatable bonds is 5. The minimum atomic E-state index is -0.456. The minimum Gasteiger partial charge on any atom is -0.483 e. The highest BCUT2D eigenvalue weighted by Crippen LogP contribution is 2.33. The van der Waals surface area contributed by atoms with Crippen molar-refractivity contribution in [3.05, 3.63) is 68.0 Å². The summed E-state index contributed by atoms with van der Waals surface area (Å²) in [5.74, 6) is 0.174. The van der Waals surface area contributed by atoms with Crippen molar-refractivity contribution in [2.24, 2.45) is 0 Å². The molecule has 148 valence electrons. The van der Waals surface area contributed by atoms with Crippen LogP contribution in [0.3, 0.4) is 0 Å². The number of nitro benzene ring substituents is 1. The fourth-order valence-corrected chi connectivity index (χ4v) is 4.11. The molecular weight excluding hydrogens is 390 g/mol. The fourth-order valence-electron chi connectivity index (χ4n) is 3.49. The van der Waals surface area contributed by atoms with E-state index in [2.05, 4.69) is 11.1 Å². The van der Waals surface area contributed by atoms with E-state index >= 15 is 0 Å². The summed E-state index contributed by atoms with van der Waals surface area (Å²) in [6.45, 7) is 4.01. The maximum absolute atomic E-state index is 12.7. The van der Waals surface area contributed by atoms with Crippen LogP contribution in [0.5, 0.6) is 5.75 Å². The van der Waals surface area contributed by atoms with Crippen molar-refractivity contribution < 1.29 is 14.5 Å². The second kappa shape index (κ2) is 7.63. The molecule has 0 aliphatic carbocycles. The molecule has 0 fully saturated rings. The zero-order valence-electron chi connectivity index (χ0n) is 16.0. The third kappa shape index (κ3) is 3.71. The Balaban J connectivity index is 1.48. The topological polar surface area (TPSA) is 85.6 Å². The number of nitro groups is 1. The average molecular weight is 409 g/mol. The number of aryl methyl sites for hydroxylation is 1. The average Bonchev–Trinajstić information content (AvgIpc) is 3.32. The van der Waals surface area contributed by atoms with Crippen LogP contribution in [-0.2, 0) is 11.2 Å². The van der Waals surface area contributed by atoms with Crippen molar-refractivity contribution in [2.45, 2.75) is 20.3 Å². The largest absolute Gasteiger partial charge is 0.483 e. The molecule has 2 heterocycles. The van der Waals surface area contributed by atoms with Crippen LogP contribution in [0.15, 0.2) is 41.8 Å². The smallest absolute Gasteiger partial charge is 0.276 e. The van der Waals surface area contributed by atoms with Crippen LogP contribution in [0, 0.1) is 24.0 Å². The maximum atomic E-state index is 12.7. The van der Waals surface area contributed by atoms with Gasteiger partial charge in [-0.15, -0.1) is 11.3 Å². The molecule has 1 amide bonds. The normalized spacial score (nSPS) is 12.7. The molecule has 0 spiro atoms. The first-order valence-electron chi connectivity index (χ1n) is 9.16. The number of anilines is 1. The Morgan fingerprint density at radius 3 is 2.86 bits per heavy atom. The molecule has 4 rings (SSSR count). The van der Waals surface area contributed by atoms with E-state index < -0.39 is 4.92 Å². The number of amides is 1. The van der Waals surface area contributed by atoms with E-state index in [1.165, 1.54) is 6.07 Å². The monoisotopic (exact) mass is 409 g/mol. The number of thiazole rings is 1. The summed E-state index contributed by atoms with van der Waals surface area (Å²) < 4.78 is 5.61. The number of ether oxygens (including phenoxy) is 1. The van der Waals surface area contributed by atoms with Gasteiger partial charge in [0.2, 0.25) is 0 Å². The predicted octanol–water partition coefficient (Wildman–Crippen LogP) is 4.30. The van der Waals surface area contributed by atoms with Gasteiger partial charge in [0.25, 0.3) is 11.6 Å². The van der Waals surface area contributed by atoms with Gasteiger partial charge in [0, 0.05) is 29.2 Å². The highest BCUT2D eigenvalue weighted by molar-refractivity contribution is 7.09. The van der Waals surface area contributed by atoms with Crippen molar-refractivity contribution in [3.8, 4) is 17.0 Å². The first-order valence-corrected chi connectivity index (χ1v) is 10.0. The SMILES string of the molecule is Cc1nc(-c2ccc3c(c2)CCN3C(=O)COc2cccc([N+](=O)[O-])c2C)cs1. The molecule has 0 unspecified atom stereocenters. The Kier molecular flexibility index (Phi) is 5.02. The van der Waals surface area contributed by atoms with Crippen molar-refractivity contribution >= 4 is 28.6 Å². The van der Waals surface area contributed by atoms with Gasteiger partial charge >= 0.3 is 0 Å². The second-order valence-electron chi connectivity index (χ2n) is 6.84. The first-order chi connectivity index (χ1) is 13.9. The molecule has 0 bridgehead atoms. The van der Waals surface area contributed by atoms with E-state index in [1.807, 2.05) is 24.4 Å². The molecule has 0 atom stereocenters. The van der Waals surface area contributed by atoms with Gasteiger partial charge in [-0.25, -0.2) is 4.98 Å². The number of benzene rings is 2. The van der Waals surface area contributed by atoms with Crippen LogP contribution >= 0.6 is 11.3 Å². The maximum Gasteiger partial charge on any atom is 0.276 e. The summed E-state index contributed by atoms with van der Waals surface area (Å²) in [4.78, 5) is 29.6. The molecule has 1 aliphatic heterocycles. The molecular formula is C21H19N3O4S. The molecule has 3 aromatic rings. The Bertz CT molecular complexity index is 1110. The van der Waals surface area contributed by atoms with Gasteiger partial charge in [0.1, 0.15) is 5.75 Å². The lowest BCUT2D eigenvalue weighted by Crippen LogP contribution is -2.33. The van der Waals surface area contributed by atoms with Gasteiger partial charge in [0.05, 0.1) is 21.2 Å². The van der Waals surface area contributed by atoms with E-state index in [4.69, 9.17) is 4.74 Å². The van der Waals surface area contributed by atoms with Crippen molar-refractivity contribution in [1.29, 1.82) is 0 Å². The summed E-state index contributed by atoms with van der Waals surface area (Å²) in [5, 5.41) is 14.1. The summed E-state index contributed by atoms with van der Waals surface area (Å²) in [6, 6.07) is 10.6. The van der Waals surface area contributed by atoms with Crippen LogP contribution in [0.1, 0.15) is 16.1 Å². The molecule has 0 saturated heterocycles. The van der Waals surface area contributed by atoms with Crippen molar-refractivity contribution in [1.82, 2.24) is 4.98 Å². The Hall–Kier alpha value is -3.26. The molecule has 1 aliphatic rings. The first kappa shape index (κ1) is 19.1. The summed E-state index contributed by atoms with van der Waals surface area (Å²) in [5.41, 5.74) is 4.37. The number of fused-ring (bicyclic) bond motifs is 1. The number of aromatic nitrogens is 1. The van der Waals surface area contributed by atoms with E-state index in [9.17, 15) is 14.9 Å². The molecule has 0 N–H and O–H groups in total. The third-order valence-electron chi connectivity index (χ3n) is 4.99. The Morgan fingerprint density at radius 2 is 2.14 bits per heavy atom. The summed E-state index contributed by atoms with van der Waals surface area (Å²) in [6.07, 6.45) is 0.772. The lowest BCUT2D eigenvalue weighted by atomic mass is 10.1. The summed E-state index contributed by atoms with van der Waals surface area (Å²) >= 11 is 1.61. The zero-order valence-corrected chi connectivity index (χ0v) is 16.9. The molecule has 0 radical (unpaired) electrons. The molecule has 8 heteroatoms.